The van der Waals surface area contributed by atoms with Crippen LogP contribution in [0.3, 0.4) is 0 Å². The molecule has 1 N–H and O–H groups in total. The van der Waals surface area contributed by atoms with Gasteiger partial charge in [0.2, 0.25) is 0 Å². The zero-order chi connectivity index (χ0) is 24.3. The van der Waals surface area contributed by atoms with Gasteiger partial charge in [0.25, 0.3) is 15.9 Å². The van der Waals surface area contributed by atoms with E-state index < -0.39 is 10.0 Å². The van der Waals surface area contributed by atoms with Crippen LogP contribution in [0.15, 0.2) is 77.7 Å². The maximum Gasteiger partial charge on any atom is 0.264 e. The molecule has 0 aliphatic carbocycles. The zero-order valence-electron chi connectivity index (χ0n) is 19.4. The molecular formula is C26H28N2O5S. The van der Waals surface area contributed by atoms with E-state index in [9.17, 15) is 13.2 Å². The van der Waals surface area contributed by atoms with Crippen molar-refractivity contribution in [3.05, 3.63) is 78.4 Å². The molecule has 1 atom stereocenters. The standard InChI is InChI=1S/C26H28N2O5S/c1-18(2)17-32-22-12-8-20(9-13-22)26(29)27-21-10-14-23(15-11-21)34(30,31)28-16-19(3)33-25-7-5-4-6-24(25)28/h4-15,18-19H,16-17H2,1-3H3,(H,27,29). The smallest absolute Gasteiger partial charge is 0.264 e. The minimum absolute atomic E-state index is 0.140. The van der Waals surface area contributed by atoms with Crippen molar-refractivity contribution in [2.45, 2.75) is 31.8 Å². The number of sulfonamides is 1. The maximum atomic E-state index is 13.3. The lowest BCUT2D eigenvalue weighted by Gasteiger charge is -2.34. The van der Waals surface area contributed by atoms with E-state index in [1.807, 2.05) is 13.0 Å². The highest BCUT2D eigenvalue weighted by Crippen LogP contribution is 2.36. The average molecular weight is 481 g/mol. The second-order valence-corrected chi connectivity index (χ2v) is 10.5. The fourth-order valence-electron chi connectivity index (χ4n) is 3.58. The van der Waals surface area contributed by atoms with Gasteiger partial charge in [0, 0.05) is 11.3 Å². The average Bonchev–Trinajstić information content (AvgIpc) is 2.82. The Balaban J connectivity index is 1.46. The van der Waals surface area contributed by atoms with Crippen LogP contribution in [-0.4, -0.2) is 33.6 Å². The van der Waals surface area contributed by atoms with Crippen LogP contribution in [0.25, 0.3) is 0 Å². The van der Waals surface area contributed by atoms with Crippen molar-refractivity contribution in [2.24, 2.45) is 5.92 Å². The number of carbonyl (C=O) groups is 1. The quantitative estimate of drug-likeness (QED) is 0.517. The molecule has 34 heavy (non-hydrogen) atoms. The van der Waals surface area contributed by atoms with Gasteiger partial charge >= 0.3 is 0 Å². The normalized spacial score (nSPS) is 15.4. The number of anilines is 2. The van der Waals surface area contributed by atoms with Crippen molar-refractivity contribution in [1.29, 1.82) is 0 Å². The van der Waals surface area contributed by atoms with Crippen LogP contribution in [0.4, 0.5) is 11.4 Å². The Kier molecular flexibility index (Phi) is 6.79. The van der Waals surface area contributed by atoms with Crippen molar-refractivity contribution in [3.63, 3.8) is 0 Å². The lowest BCUT2D eigenvalue weighted by molar-refractivity contribution is 0.102. The van der Waals surface area contributed by atoms with Gasteiger partial charge in [-0.25, -0.2) is 8.42 Å². The second kappa shape index (κ2) is 9.77. The number of benzene rings is 3. The van der Waals surface area contributed by atoms with E-state index in [4.69, 9.17) is 9.47 Å². The van der Waals surface area contributed by atoms with Crippen molar-refractivity contribution in [3.8, 4) is 11.5 Å². The van der Waals surface area contributed by atoms with Crippen molar-refractivity contribution >= 4 is 27.3 Å². The number of rotatable bonds is 7. The van der Waals surface area contributed by atoms with Crippen LogP contribution >= 0.6 is 0 Å². The molecule has 4 rings (SSSR count). The predicted octanol–water partition coefficient (Wildman–Crippen LogP) is 4.95. The first-order valence-electron chi connectivity index (χ1n) is 11.2. The maximum absolute atomic E-state index is 13.3. The van der Waals surface area contributed by atoms with E-state index >= 15 is 0 Å². The van der Waals surface area contributed by atoms with Gasteiger partial charge < -0.3 is 14.8 Å². The molecule has 1 heterocycles. The number of fused-ring (bicyclic) bond motifs is 1. The summed E-state index contributed by atoms with van der Waals surface area (Å²) in [6.07, 6.45) is -0.273. The van der Waals surface area contributed by atoms with E-state index in [1.165, 1.54) is 16.4 Å². The van der Waals surface area contributed by atoms with Gasteiger partial charge in [-0.15, -0.1) is 0 Å². The molecule has 0 spiro atoms. The number of ether oxygens (including phenoxy) is 2. The molecule has 0 saturated carbocycles. The van der Waals surface area contributed by atoms with Crippen LogP contribution in [0.2, 0.25) is 0 Å². The number of nitrogens with one attached hydrogen (secondary N) is 1. The van der Waals surface area contributed by atoms with Gasteiger partial charge in [0.1, 0.15) is 17.6 Å². The van der Waals surface area contributed by atoms with E-state index in [-0.39, 0.29) is 23.5 Å². The third-order valence-corrected chi connectivity index (χ3v) is 7.08. The van der Waals surface area contributed by atoms with Gasteiger partial charge in [0.05, 0.1) is 23.7 Å². The Morgan fingerprint density at radius 1 is 1.06 bits per heavy atom. The van der Waals surface area contributed by atoms with Gasteiger partial charge in [-0.05, 0) is 73.5 Å². The molecule has 0 bridgehead atoms. The van der Waals surface area contributed by atoms with Crippen molar-refractivity contribution < 1.29 is 22.7 Å². The summed E-state index contributed by atoms with van der Waals surface area (Å²) in [5, 5.41) is 2.80. The van der Waals surface area contributed by atoms with E-state index in [0.29, 0.717) is 41.0 Å². The Morgan fingerprint density at radius 2 is 1.74 bits per heavy atom. The summed E-state index contributed by atoms with van der Waals surface area (Å²) in [5.41, 5.74) is 1.49. The highest BCUT2D eigenvalue weighted by molar-refractivity contribution is 7.92. The molecule has 1 amide bonds. The third kappa shape index (κ3) is 5.17. The molecule has 0 radical (unpaired) electrons. The second-order valence-electron chi connectivity index (χ2n) is 8.64. The molecule has 0 aromatic heterocycles. The number of para-hydroxylation sites is 2. The van der Waals surface area contributed by atoms with E-state index in [0.717, 1.165) is 0 Å². The van der Waals surface area contributed by atoms with Gasteiger partial charge in [0.15, 0.2) is 0 Å². The van der Waals surface area contributed by atoms with Crippen molar-refractivity contribution in [2.75, 3.05) is 22.8 Å². The van der Waals surface area contributed by atoms with E-state index in [2.05, 4.69) is 19.2 Å². The first-order valence-corrected chi connectivity index (χ1v) is 12.6. The first kappa shape index (κ1) is 23.6. The van der Waals surface area contributed by atoms with Crippen LogP contribution < -0.4 is 19.1 Å². The topological polar surface area (TPSA) is 84.9 Å². The molecule has 3 aromatic carbocycles. The number of nitrogens with zero attached hydrogens (tertiary/aromatic N) is 1. The first-order chi connectivity index (χ1) is 16.2. The van der Waals surface area contributed by atoms with E-state index in [1.54, 1.807) is 54.6 Å². The largest absolute Gasteiger partial charge is 0.493 e. The summed E-state index contributed by atoms with van der Waals surface area (Å²) in [6, 6.07) is 20.1. The molecule has 0 saturated heterocycles. The molecule has 1 aliphatic heterocycles. The lowest BCUT2D eigenvalue weighted by atomic mass is 10.2. The molecular weight excluding hydrogens is 452 g/mol. The zero-order valence-corrected chi connectivity index (χ0v) is 20.2. The molecule has 3 aromatic rings. The molecule has 7 nitrogen and oxygen atoms in total. The molecule has 1 unspecified atom stereocenters. The fraction of sp³-hybridized carbons (Fsp3) is 0.269. The Morgan fingerprint density at radius 3 is 2.41 bits per heavy atom. The Bertz CT molecular complexity index is 1260. The van der Waals surface area contributed by atoms with Gasteiger partial charge in [-0.2, -0.15) is 0 Å². The highest BCUT2D eigenvalue weighted by atomic mass is 32.2. The minimum atomic E-state index is -3.80. The number of hydrogen-bond donors (Lipinski definition) is 1. The SMILES string of the molecule is CC(C)COc1ccc(C(=O)Nc2ccc(S(=O)(=O)N3CC(C)Oc4ccccc43)cc2)cc1. The van der Waals surface area contributed by atoms with Gasteiger partial charge in [-0.3, -0.25) is 9.10 Å². The summed E-state index contributed by atoms with van der Waals surface area (Å²) >= 11 is 0. The molecule has 1 aliphatic rings. The monoisotopic (exact) mass is 480 g/mol. The highest BCUT2D eigenvalue weighted by Gasteiger charge is 2.32. The number of carbonyl (C=O) groups excluding carboxylic acids is 1. The lowest BCUT2D eigenvalue weighted by Crippen LogP contribution is -2.42. The van der Waals surface area contributed by atoms with Gasteiger partial charge in [-0.1, -0.05) is 26.0 Å². The molecule has 8 heteroatoms. The Labute approximate surface area is 200 Å². The summed E-state index contributed by atoms with van der Waals surface area (Å²) in [4.78, 5) is 12.7. The number of amides is 1. The summed E-state index contributed by atoms with van der Waals surface area (Å²) in [7, 11) is -3.80. The summed E-state index contributed by atoms with van der Waals surface area (Å²) < 4.78 is 39.5. The molecule has 178 valence electrons. The predicted molar refractivity (Wildman–Crippen MR) is 132 cm³/mol. The van der Waals surface area contributed by atoms with Crippen molar-refractivity contribution in [1.82, 2.24) is 0 Å². The van der Waals surface area contributed by atoms with Crippen LogP contribution in [0.1, 0.15) is 31.1 Å². The summed E-state index contributed by atoms with van der Waals surface area (Å²) in [5.74, 6) is 1.37. The van der Waals surface area contributed by atoms with Crippen LogP contribution in [0.5, 0.6) is 11.5 Å². The van der Waals surface area contributed by atoms with Crippen LogP contribution in [-0.2, 0) is 10.0 Å². The fourth-order valence-corrected chi connectivity index (χ4v) is 5.13. The minimum Gasteiger partial charge on any atom is -0.493 e. The van der Waals surface area contributed by atoms with Crippen LogP contribution in [0, 0.1) is 5.92 Å². The molecule has 0 fully saturated rings. The summed E-state index contributed by atoms with van der Waals surface area (Å²) in [6.45, 7) is 6.79. The third-order valence-electron chi connectivity index (χ3n) is 5.29. The Hall–Kier alpha value is -3.52. The number of hydrogen-bond acceptors (Lipinski definition) is 5.